The molecule has 1 heterocycles. The number of hydrogen-bond donors (Lipinski definition) is 0. The first-order valence-electron chi connectivity index (χ1n) is 4.64. The molecule has 1 aliphatic rings. The molecule has 0 spiro atoms. The summed E-state index contributed by atoms with van der Waals surface area (Å²) >= 11 is 0. The summed E-state index contributed by atoms with van der Waals surface area (Å²) in [5, 5.41) is 7.85. The second kappa shape index (κ2) is 2.94. The molecule has 1 aromatic heterocycles. The molecule has 0 N–H and O–H groups in total. The summed E-state index contributed by atoms with van der Waals surface area (Å²) in [5.74, 6) is 0.526. The zero-order chi connectivity index (χ0) is 9.42. The highest BCUT2D eigenvalue weighted by Gasteiger charge is 2.31. The highest BCUT2D eigenvalue weighted by atomic mass is 16.1. The van der Waals surface area contributed by atoms with E-state index in [2.05, 4.69) is 24.2 Å². The Bertz CT molecular complexity index is 326. The number of hydrogen-bond acceptors (Lipinski definition) is 3. The molecule has 70 valence electrons. The van der Waals surface area contributed by atoms with Crippen molar-refractivity contribution in [1.82, 2.24) is 15.0 Å². The first kappa shape index (κ1) is 8.41. The number of nitrogens with zero attached hydrogens (tertiary/aromatic N) is 3. The molecule has 0 bridgehead atoms. The largest absolute Gasteiger partial charge is 0.296 e. The standard InChI is InChI=1S/C9H13N3O/c1-6(2)12-9(7-3-4-7)8(5-13)10-11-12/h5-7H,3-4H2,1-2H3. The maximum Gasteiger partial charge on any atom is 0.172 e. The van der Waals surface area contributed by atoms with Gasteiger partial charge in [-0.15, -0.1) is 5.10 Å². The lowest BCUT2D eigenvalue weighted by molar-refractivity contribution is 0.111. The van der Waals surface area contributed by atoms with Crippen LogP contribution in [0, 0.1) is 0 Å². The molecule has 0 radical (unpaired) electrons. The third-order valence-electron chi connectivity index (χ3n) is 2.32. The van der Waals surface area contributed by atoms with Gasteiger partial charge in [-0.25, -0.2) is 4.68 Å². The molecule has 0 atom stereocenters. The lowest BCUT2D eigenvalue weighted by Gasteiger charge is -2.08. The molecule has 0 saturated heterocycles. The highest BCUT2D eigenvalue weighted by molar-refractivity contribution is 5.73. The van der Waals surface area contributed by atoms with E-state index in [4.69, 9.17) is 0 Å². The topological polar surface area (TPSA) is 47.8 Å². The summed E-state index contributed by atoms with van der Waals surface area (Å²) < 4.78 is 1.86. The fourth-order valence-electron chi connectivity index (χ4n) is 1.53. The van der Waals surface area contributed by atoms with E-state index < -0.39 is 0 Å². The third kappa shape index (κ3) is 1.36. The van der Waals surface area contributed by atoms with Gasteiger partial charge in [-0.05, 0) is 26.7 Å². The van der Waals surface area contributed by atoms with Gasteiger partial charge in [0.05, 0.1) is 5.69 Å². The molecule has 2 rings (SSSR count). The Labute approximate surface area is 76.9 Å². The maximum atomic E-state index is 10.7. The second-order valence-corrected chi connectivity index (χ2v) is 3.79. The highest BCUT2D eigenvalue weighted by Crippen LogP contribution is 2.41. The van der Waals surface area contributed by atoms with Gasteiger partial charge in [-0.3, -0.25) is 4.79 Å². The van der Waals surface area contributed by atoms with E-state index in [1.54, 1.807) is 0 Å². The molecule has 1 aromatic rings. The van der Waals surface area contributed by atoms with Crippen molar-refractivity contribution in [3.63, 3.8) is 0 Å². The first-order chi connectivity index (χ1) is 6.24. The van der Waals surface area contributed by atoms with Crippen molar-refractivity contribution in [1.29, 1.82) is 0 Å². The molecule has 0 aromatic carbocycles. The van der Waals surface area contributed by atoms with E-state index in [0.29, 0.717) is 11.6 Å². The lowest BCUT2D eigenvalue weighted by atomic mass is 10.2. The van der Waals surface area contributed by atoms with Crippen molar-refractivity contribution in [2.24, 2.45) is 0 Å². The van der Waals surface area contributed by atoms with Crippen LogP contribution in [0.2, 0.25) is 0 Å². The molecule has 4 heteroatoms. The van der Waals surface area contributed by atoms with Gasteiger partial charge in [0.15, 0.2) is 6.29 Å². The van der Waals surface area contributed by atoms with Gasteiger partial charge in [-0.2, -0.15) is 0 Å². The lowest BCUT2D eigenvalue weighted by Crippen LogP contribution is -2.07. The van der Waals surface area contributed by atoms with Crippen LogP contribution in [0.5, 0.6) is 0 Å². The molecular formula is C9H13N3O. The first-order valence-corrected chi connectivity index (χ1v) is 4.64. The van der Waals surface area contributed by atoms with Crippen molar-refractivity contribution in [3.05, 3.63) is 11.4 Å². The molecule has 1 fully saturated rings. The normalized spacial score (nSPS) is 16.5. The van der Waals surface area contributed by atoms with Crippen LogP contribution >= 0.6 is 0 Å². The number of rotatable bonds is 3. The van der Waals surface area contributed by atoms with E-state index in [9.17, 15) is 4.79 Å². The number of aldehydes is 1. The summed E-state index contributed by atoms with van der Waals surface area (Å²) in [6, 6.07) is 0.289. The van der Waals surface area contributed by atoms with E-state index in [1.165, 1.54) is 12.8 Å². The van der Waals surface area contributed by atoms with Crippen LogP contribution in [0.3, 0.4) is 0 Å². The number of carbonyl (C=O) groups excluding carboxylic acids is 1. The van der Waals surface area contributed by atoms with Crippen LogP contribution in [0.15, 0.2) is 0 Å². The van der Waals surface area contributed by atoms with Gasteiger partial charge in [0.25, 0.3) is 0 Å². The summed E-state index contributed by atoms with van der Waals surface area (Å²) in [7, 11) is 0. The fraction of sp³-hybridized carbons (Fsp3) is 0.667. The van der Waals surface area contributed by atoms with E-state index in [0.717, 1.165) is 12.0 Å². The predicted molar refractivity (Wildman–Crippen MR) is 47.8 cm³/mol. The van der Waals surface area contributed by atoms with Gasteiger partial charge in [-0.1, -0.05) is 5.21 Å². The quantitative estimate of drug-likeness (QED) is 0.661. The average molecular weight is 179 g/mol. The molecule has 1 saturated carbocycles. The van der Waals surface area contributed by atoms with Crippen LogP contribution in [0.25, 0.3) is 0 Å². The van der Waals surface area contributed by atoms with Crippen LogP contribution < -0.4 is 0 Å². The second-order valence-electron chi connectivity index (χ2n) is 3.79. The molecule has 13 heavy (non-hydrogen) atoms. The van der Waals surface area contributed by atoms with Crippen molar-refractivity contribution in [2.45, 2.75) is 38.6 Å². The van der Waals surface area contributed by atoms with E-state index >= 15 is 0 Å². The van der Waals surface area contributed by atoms with Crippen LogP contribution in [0.4, 0.5) is 0 Å². The Morgan fingerprint density at radius 2 is 2.23 bits per heavy atom. The molecule has 0 amide bonds. The SMILES string of the molecule is CC(C)n1nnc(C=O)c1C1CC1. The van der Waals surface area contributed by atoms with E-state index in [1.807, 2.05) is 4.68 Å². The van der Waals surface area contributed by atoms with Crippen LogP contribution in [-0.4, -0.2) is 21.3 Å². The minimum absolute atomic E-state index is 0.289. The summed E-state index contributed by atoms with van der Waals surface area (Å²) in [6.45, 7) is 4.10. The minimum Gasteiger partial charge on any atom is -0.296 e. The van der Waals surface area contributed by atoms with Crippen molar-refractivity contribution < 1.29 is 4.79 Å². The van der Waals surface area contributed by atoms with Crippen LogP contribution in [0.1, 0.15) is 54.8 Å². The Morgan fingerprint density at radius 1 is 1.54 bits per heavy atom. The zero-order valence-corrected chi connectivity index (χ0v) is 7.90. The molecule has 0 aliphatic heterocycles. The molecular weight excluding hydrogens is 166 g/mol. The van der Waals surface area contributed by atoms with Gasteiger partial charge >= 0.3 is 0 Å². The van der Waals surface area contributed by atoms with Crippen molar-refractivity contribution in [2.75, 3.05) is 0 Å². The Morgan fingerprint density at radius 3 is 2.69 bits per heavy atom. The summed E-state index contributed by atoms with van der Waals surface area (Å²) in [4.78, 5) is 10.7. The summed E-state index contributed by atoms with van der Waals surface area (Å²) in [5.41, 5.74) is 1.56. The average Bonchev–Trinajstić information content (AvgIpc) is 2.84. The molecule has 4 nitrogen and oxygen atoms in total. The van der Waals surface area contributed by atoms with Gasteiger partial charge in [0.1, 0.15) is 5.69 Å². The molecule has 0 unspecified atom stereocenters. The number of carbonyl (C=O) groups is 1. The predicted octanol–water partition coefficient (Wildman–Crippen LogP) is 1.55. The zero-order valence-electron chi connectivity index (χ0n) is 7.90. The van der Waals surface area contributed by atoms with E-state index in [-0.39, 0.29) is 6.04 Å². The smallest absolute Gasteiger partial charge is 0.172 e. The Kier molecular flexibility index (Phi) is 1.90. The maximum absolute atomic E-state index is 10.7. The minimum atomic E-state index is 0.289. The Hall–Kier alpha value is -1.19. The monoisotopic (exact) mass is 179 g/mol. The third-order valence-corrected chi connectivity index (χ3v) is 2.32. The fourth-order valence-corrected chi connectivity index (χ4v) is 1.53. The van der Waals surface area contributed by atoms with Crippen LogP contribution in [-0.2, 0) is 0 Å². The van der Waals surface area contributed by atoms with Gasteiger partial charge in [0, 0.05) is 12.0 Å². The van der Waals surface area contributed by atoms with Gasteiger partial charge in [0.2, 0.25) is 0 Å². The van der Waals surface area contributed by atoms with Gasteiger partial charge < -0.3 is 0 Å². The van der Waals surface area contributed by atoms with Crippen molar-refractivity contribution in [3.8, 4) is 0 Å². The van der Waals surface area contributed by atoms with Crippen molar-refractivity contribution >= 4 is 6.29 Å². The Balaban J connectivity index is 2.44. The number of aromatic nitrogens is 3. The summed E-state index contributed by atoms with van der Waals surface area (Å²) in [6.07, 6.45) is 3.14. The molecule has 1 aliphatic carbocycles.